The number of aromatic nitrogens is 6. The molecule has 4 aromatic rings. The fourth-order valence-corrected chi connectivity index (χ4v) is 4.72. The number of rotatable bonds is 8. The van der Waals surface area contributed by atoms with Crippen LogP contribution < -0.4 is 10.5 Å². The van der Waals surface area contributed by atoms with Crippen molar-refractivity contribution in [2.45, 2.75) is 23.9 Å². The third-order valence-corrected chi connectivity index (χ3v) is 6.08. The number of nitrogens with zero attached hydrogens (tertiary/aromatic N) is 6. The Labute approximate surface area is 178 Å². The smallest absolute Gasteiger partial charge is 0.360 e. The molecule has 0 fully saturated rings. The first-order chi connectivity index (χ1) is 14.6. The summed E-state index contributed by atoms with van der Waals surface area (Å²) >= 11 is 2.95. The quantitative estimate of drug-likeness (QED) is 0.314. The van der Waals surface area contributed by atoms with Crippen LogP contribution in [0, 0.1) is 0 Å². The van der Waals surface area contributed by atoms with Gasteiger partial charge in [0.05, 0.1) is 29.1 Å². The minimum atomic E-state index is -0.583. The van der Waals surface area contributed by atoms with Gasteiger partial charge in [-0.2, -0.15) is 4.68 Å². The number of anilines is 1. The zero-order valence-electron chi connectivity index (χ0n) is 16.1. The normalized spacial score (nSPS) is 11.1. The van der Waals surface area contributed by atoms with Gasteiger partial charge < -0.3 is 15.2 Å². The van der Waals surface area contributed by atoms with E-state index in [4.69, 9.17) is 15.2 Å². The second-order valence-electron chi connectivity index (χ2n) is 5.82. The van der Waals surface area contributed by atoms with Gasteiger partial charge in [-0.1, -0.05) is 17.0 Å². The summed E-state index contributed by atoms with van der Waals surface area (Å²) in [5.41, 5.74) is 7.18. The molecule has 0 unspecified atom stereocenters. The lowest BCUT2D eigenvalue weighted by Gasteiger charge is -2.04. The van der Waals surface area contributed by atoms with E-state index in [0.717, 1.165) is 20.3 Å². The molecule has 0 atom stereocenters. The SMILES string of the molecule is CCOC(=O)c1nnn(-c2nonc2N)c1CSc1nc2ccc(OCC)cc2s1. The lowest BCUT2D eigenvalue weighted by atomic mass is 10.3. The van der Waals surface area contributed by atoms with Gasteiger partial charge in [-0.3, -0.25) is 0 Å². The molecule has 4 rings (SSSR count). The van der Waals surface area contributed by atoms with Crippen molar-refractivity contribution >= 4 is 45.1 Å². The van der Waals surface area contributed by atoms with Gasteiger partial charge in [0.1, 0.15) is 5.75 Å². The predicted molar refractivity (Wildman–Crippen MR) is 110 cm³/mol. The van der Waals surface area contributed by atoms with E-state index in [1.165, 1.54) is 27.8 Å². The van der Waals surface area contributed by atoms with E-state index >= 15 is 0 Å². The molecule has 0 saturated carbocycles. The Morgan fingerprint density at radius 3 is 2.90 bits per heavy atom. The molecule has 0 spiro atoms. The molecule has 0 aliphatic carbocycles. The standard InChI is InChI=1S/C17H17N7O4S2/c1-3-26-9-5-6-10-12(7-9)30-17(19-10)29-8-11-13(16(25)27-4-2)20-23-24(11)15-14(18)21-28-22-15/h5-7H,3-4,8H2,1-2H3,(H2,18,21). The Balaban J connectivity index is 1.63. The minimum absolute atomic E-state index is 0.0324. The van der Waals surface area contributed by atoms with E-state index in [2.05, 4.69) is 30.2 Å². The summed E-state index contributed by atoms with van der Waals surface area (Å²) in [5.74, 6) is 0.724. The van der Waals surface area contributed by atoms with Gasteiger partial charge in [-0.25, -0.2) is 14.4 Å². The number of benzene rings is 1. The first kappa shape index (κ1) is 20.1. The molecule has 11 nitrogen and oxygen atoms in total. The summed E-state index contributed by atoms with van der Waals surface area (Å²) in [5, 5.41) is 15.2. The second-order valence-corrected chi connectivity index (χ2v) is 8.07. The summed E-state index contributed by atoms with van der Waals surface area (Å²) in [6, 6.07) is 5.76. The van der Waals surface area contributed by atoms with Crippen LogP contribution in [0.25, 0.3) is 16.0 Å². The number of thiazole rings is 1. The topological polar surface area (TPSA) is 144 Å². The van der Waals surface area contributed by atoms with Gasteiger partial charge in [-0.15, -0.1) is 16.4 Å². The number of thioether (sulfide) groups is 1. The number of hydrogen-bond donors (Lipinski definition) is 1. The van der Waals surface area contributed by atoms with Crippen molar-refractivity contribution in [2.24, 2.45) is 0 Å². The third kappa shape index (κ3) is 3.93. The van der Waals surface area contributed by atoms with Crippen LogP contribution in [-0.4, -0.2) is 49.5 Å². The van der Waals surface area contributed by atoms with Crippen molar-refractivity contribution in [1.82, 2.24) is 30.3 Å². The maximum absolute atomic E-state index is 12.3. The lowest BCUT2D eigenvalue weighted by molar-refractivity contribution is 0.0518. The summed E-state index contributed by atoms with van der Waals surface area (Å²) in [4.78, 5) is 16.9. The zero-order valence-corrected chi connectivity index (χ0v) is 17.7. The largest absolute Gasteiger partial charge is 0.494 e. The molecule has 0 aliphatic heterocycles. The molecular formula is C17H17N7O4S2. The van der Waals surface area contributed by atoms with Crippen LogP contribution in [0.1, 0.15) is 30.0 Å². The van der Waals surface area contributed by atoms with Crippen molar-refractivity contribution in [2.75, 3.05) is 18.9 Å². The Kier molecular flexibility index (Phi) is 5.81. The molecule has 3 heterocycles. The van der Waals surface area contributed by atoms with E-state index in [1.54, 1.807) is 6.92 Å². The molecule has 0 amide bonds. The second kappa shape index (κ2) is 8.67. The number of carbonyl (C=O) groups is 1. The van der Waals surface area contributed by atoms with Gasteiger partial charge in [0, 0.05) is 5.75 Å². The average Bonchev–Trinajstić information content (AvgIpc) is 3.43. The fourth-order valence-electron chi connectivity index (χ4n) is 2.63. The number of nitrogen functional groups attached to an aromatic ring is 1. The van der Waals surface area contributed by atoms with Crippen LogP contribution in [0.15, 0.2) is 27.2 Å². The van der Waals surface area contributed by atoms with Crippen molar-refractivity contribution < 1.29 is 18.9 Å². The van der Waals surface area contributed by atoms with Crippen LogP contribution in [-0.2, 0) is 10.5 Å². The highest BCUT2D eigenvalue weighted by Crippen LogP contribution is 2.34. The Hall–Kier alpha value is -3.19. The number of hydrogen-bond acceptors (Lipinski definition) is 12. The van der Waals surface area contributed by atoms with Crippen molar-refractivity contribution in [3.05, 3.63) is 29.6 Å². The Morgan fingerprint density at radius 1 is 1.30 bits per heavy atom. The van der Waals surface area contributed by atoms with Crippen LogP contribution >= 0.6 is 23.1 Å². The van der Waals surface area contributed by atoms with E-state index in [-0.39, 0.29) is 23.9 Å². The highest BCUT2D eigenvalue weighted by molar-refractivity contribution is 8.00. The summed E-state index contributed by atoms with van der Waals surface area (Å²) in [6.45, 7) is 4.47. The van der Waals surface area contributed by atoms with Gasteiger partial charge in [0.25, 0.3) is 0 Å². The van der Waals surface area contributed by atoms with Crippen LogP contribution in [0.4, 0.5) is 5.82 Å². The van der Waals surface area contributed by atoms with Crippen LogP contribution in [0.2, 0.25) is 0 Å². The van der Waals surface area contributed by atoms with E-state index in [0.29, 0.717) is 18.1 Å². The molecule has 156 valence electrons. The maximum atomic E-state index is 12.3. The molecule has 13 heteroatoms. The van der Waals surface area contributed by atoms with Crippen molar-refractivity contribution in [1.29, 1.82) is 0 Å². The minimum Gasteiger partial charge on any atom is -0.494 e. The first-order valence-electron chi connectivity index (χ1n) is 8.97. The lowest BCUT2D eigenvalue weighted by Crippen LogP contribution is -2.10. The predicted octanol–water partition coefficient (Wildman–Crippen LogP) is 2.71. The third-order valence-electron chi connectivity index (χ3n) is 3.91. The first-order valence-corrected chi connectivity index (χ1v) is 10.8. The van der Waals surface area contributed by atoms with Gasteiger partial charge in [0.15, 0.2) is 10.0 Å². The number of fused-ring (bicyclic) bond motifs is 1. The average molecular weight is 448 g/mol. The molecule has 3 aromatic heterocycles. The Bertz CT molecular complexity index is 1190. The van der Waals surface area contributed by atoms with Gasteiger partial charge in [0.2, 0.25) is 11.6 Å². The van der Waals surface area contributed by atoms with Gasteiger partial charge in [-0.05, 0) is 42.4 Å². The van der Waals surface area contributed by atoms with Crippen LogP contribution in [0.5, 0.6) is 5.75 Å². The van der Waals surface area contributed by atoms with E-state index in [9.17, 15) is 4.79 Å². The molecule has 30 heavy (non-hydrogen) atoms. The number of ether oxygens (including phenoxy) is 2. The van der Waals surface area contributed by atoms with E-state index < -0.39 is 5.97 Å². The monoisotopic (exact) mass is 447 g/mol. The molecular weight excluding hydrogens is 430 g/mol. The molecule has 0 radical (unpaired) electrons. The van der Waals surface area contributed by atoms with E-state index in [1.807, 2.05) is 25.1 Å². The number of esters is 1. The summed E-state index contributed by atoms with van der Waals surface area (Å²) in [7, 11) is 0. The molecule has 1 aromatic carbocycles. The van der Waals surface area contributed by atoms with Crippen molar-refractivity contribution in [3.8, 4) is 11.6 Å². The highest BCUT2D eigenvalue weighted by Gasteiger charge is 2.25. The van der Waals surface area contributed by atoms with Crippen LogP contribution in [0.3, 0.4) is 0 Å². The van der Waals surface area contributed by atoms with Crippen molar-refractivity contribution in [3.63, 3.8) is 0 Å². The van der Waals surface area contributed by atoms with Gasteiger partial charge >= 0.3 is 5.97 Å². The highest BCUT2D eigenvalue weighted by atomic mass is 32.2. The zero-order chi connectivity index (χ0) is 21.1. The maximum Gasteiger partial charge on any atom is 0.360 e. The molecule has 0 aliphatic rings. The number of carbonyl (C=O) groups excluding carboxylic acids is 1. The molecule has 0 saturated heterocycles. The fraction of sp³-hybridized carbons (Fsp3) is 0.294. The summed E-state index contributed by atoms with van der Waals surface area (Å²) < 4.78 is 18.4. The molecule has 2 N–H and O–H groups in total. The molecule has 0 bridgehead atoms. The number of nitrogens with two attached hydrogens (primary N) is 1. The Morgan fingerprint density at radius 2 is 2.17 bits per heavy atom. The summed E-state index contributed by atoms with van der Waals surface area (Å²) in [6.07, 6.45) is 0.